The van der Waals surface area contributed by atoms with Gasteiger partial charge in [0, 0.05) is 23.0 Å². The first-order chi connectivity index (χ1) is 14.0. The molecule has 1 aromatic heterocycles. The predicted molar refractivity (Wildman–Crippen MR) is 120 cm³/mol. The molecule has 0 saturated carbocycles. The van der Waals surface area contributed by atoms with Crippen LogP contribution in [-0.4, -0.2) is 16.3 Å². The molecule has 0 unspecified atom stereocenters. The number of fused-ring (bicyclic) bond motifs is 2. The summed E-state index contributed by atoms with van der Waals surface area (Å²) in [4.78, 5) is 12.0. The fourth-order valence-electron chi connectivity index (χ4n) is 3.63. The van der Waals surface area contributed by atoms with Gasteiger partial charge in [0.25, 0.3) is 5.91 Å². The van der Waals surface area contributed by atoms with E-state index in [9.17, 15) is 4.79 Å². The van der Waals surface area contributed by atoms with Crippen molar-refractivity contribution in [2.24, 2.45) is 11.5 Å². The Bertz CT molecular complexity index is 1190. The molecule has 0 fully saturated rings. The third kappa shape index (κ3) is 4.24. The van der Waals surface area contributed by atoms with Gasteiger partial charge in [-0.05, 0) is 41.0 Å². The number of primary amides is 1. The van der Waals surface area contributed by atoms with Gasteiger partial charge in [-0.25, -0.2) is 0 Å². The second kappa shape index (κ2) is 8.78. The van der Waals surface area contributed by atoms with Crippen LogP contribution in [0, 0.1) is 5.41 Å². The molecule has 0 aliphatic heterocycles. The van der Waals surface area contributed by atoms with Crippen LogP contribution in [0.5, 0.6) is 0 Å². The molecule has 0 saturated heterocycles. The smallest absolute Gasteiger partial charge is 0.265 e. The number of nitrogens with zero attached hydrogens (tertiary/aromatic N) is 1. The van der Waals surface area contributed by atoms with Crippen molar-refractivity contribution in [3.05, 3.63) is 69.7 Å². The van der Waals surface area contributed by atoms with Crippen molar-refractivity contribution in [3.8, 4) is 0 Å². The molecule has 5 nitrogen and oxygen atoms in total. The van der Waals surface area contributed by atoms with Crippen LogP contribution in [0.4, 0.5) is 0 Å². The van der Waals surface area contributed by atoms with Crippen LogP contribution in [0.2, 0.25) is 0 Å². The molecule has 2 aromatic carbocycles. The highest BCUT2D eigenvalue weighted by Gasteiger charge is 2.15. The Morgan fingerprint density at radius 2 is 1.79 bits per heavy atom. The zero-order chi connectivity index (χ0) is 21.0. The van der Waals surface area contributed by atoms with Crippen LogP contribution in [0.15, 0.2) is 42.5 Å². The highest BCUT2D eigenvalue weighted by Crippen LogP contribution is 2.22. The molecule has 3 aromatic rings. The summed E-state index contributed by atoms with van der Waals surface area (Å²) in [5.41, 5.74) is 14.3. The van der Waals surface area contributed by atoms with Gasteiger partial charge in [-0.1, -0.05) is 62.8 Å². The second-order valence-corrected chi connectivity index (χ2v) is 7.28. The maximum atomic E-state index is 12.0. The van der Waals surface area contributed by atoms with E-state index in [4.69, 9.17) is 16.9 Å². The van der Waals surface area contributed by atoms with Crippen molar-refractivity contribution < 1.29 is 4.79 Å². The van der Waals surface area contributed by atoms with Crippen molar-refractivity contribution in [1.29, 1.82) is 5.41 Å². The number of amides is 1. The number of nitrogens with one attached hydrogen (secondary N) is 1. The van der Waals surface area contributed by atoms with Crippen molar-refractivity contribution in [3.63, 3.8) is 0 Å². The van der Waals surface area contributed by atoms with Gasteiger partial charge in [-0.3, -0.25) is 10.2 Å². The fourth-order valence-corrected chi connectivity index (χ4v) is 3.63. The summed E-state index contributed by atoms with van der Waals surface area (Å²) in [5.74, 6) is -0.466. The lowest BCUT2D eigenvalue weighted by Gasteiger charge is -2.12. The van der Waals surface area contributed by atoms with E-state index in [1.165, 1.54) is 16.9 Å². The van der Waals surface area contributed by atoms with E-state index in [0.29, 0.717) is 17.8 Å². The average molecular weight is 389 g/mol. The third-order valence-corrected chi connectivity index (χ3v) is 4.91. The van der Waals surface area contributed by atoms with Crippen molar-refractivity contribution in [1.82, 2.24) is 4.57 Å². The van der Waals surface area contributed by atoms with E-state index in [1.807, 2.05) is 22.8 Å². The zero-order valence-electron chi connectivity index (χ0n) is 17.0. The number of carbonyl (C=O) groups excluding carboxylic acids is 1. The Kier molecular flexibility index (Phi) is 6.17. The lowest BCUT2D eigenvalue weighted by molar-refractivity contribution is 0.0992. The van der Waals surface area contributed by atoms with Crippen LogP contribution < -0.4 is 21.9 Å². The van der Waals surface area contributed by atoms with Crippen molar-refractivity contribution in [2.75, 3.05) is 0 Å². The quantitative estimate of drug-likeness (QED) is 0.473. The summed E-state index contributed by atoms with van der Waals surface area (Å²) in [5, 5.41) is 11.0. The summed E-state index contributed by atoms with van der Waals surface area (Å²) in [6, 6.07) is 13.5. The van der Waals surface area contributed by atoms with Crippen LogP contribution >= 0.6 is 0 Å². The highest BCUT2D eigenvalue weighted by atomic mass is 16.1. The molecule has 150 valence electrons. The molecule has 0 bridgehead atoms. The van der Waals surface area contributed by atoms with E-state index in [-0.39, 0.29) is 5.84 Å². The number of aromatic nitrogens is 1. The Hall–Kier alpha value is -3.34. The number of nitrogen functional groups attached to an aromatic ring is 1. The van der Waals surface area contributed by atoms with Crippen LogP contribution in [0.1, 0.15) is 54.7 Å². The molecule has 1 aliphatic carbocycles. The van der Waals surface area contributed by atoms with Gasteiger partial charge in [0.15, 0.2) is 0 Å². The van der Waals surface area contributed by atoms with Gasteiger partial charge in [0.05, 0.1) is 0 Å². The molecular formula is C24H28N4O. The van der Waals surface area contributed by atoms with Crippen LogP contribution in [-0.2, 0) is 6.54 Å². The summed E-state index contributed by atoms with van der Waals surface area (Å²) in [6.45, 7) is 4.79. The summed E-state index contributed by atoms with van der Waals surface area (Å²) in [7, 11) is 0. The van der Waals surface area contributed by atoms with E-state index in [0.717, 1.165) is 29.3 Å². The Balaban J connectivity index is 0.000000755. The number of hydrogen-bond donors (Lipinski definition) is 3. The van der Waals surface area contributed by atoms with Gasteiger partial charge in [0.2, 0.25) is 0 Å². The molecule has 1 amide bonds. The fraction of sp³-hybridized carbons (Fsp3) is 0.250. The minimum Gasteiger partial charge on any atom is -0.384 e. The first-order valence-electron chi connectivity index (χ1n) is 10.0. The molecule has 0 atom stereocenters. The first kappa shape index (κ1) is 20.4. The minimum absolute atomic E-state index is 0.000277. The topological polar surface area (TPSA) is 97.9 Å². The molecule has 0 spiro atoms. The summed E-state index contributed by atoms with van der Waals surface area (Å²) >= 11 is 0. The molecule has 5 heteroatoms. The predicted octanol–water partition coefficient (Wildman–Crippen LogP) is 2.84. The van der Waals surface area contributed by atoms with E-state index in [2.05, 4.69) is 38.1 Å². The Morgan fingerprint density at radius 3 is 2.48 bits per heavy atom. The summed E-state index contributed by atoms with van der Waals surface area (Å²) in [6.07, 6.45) is 7.82. The third-order valence-electron chi connectivity index (χ3n) is 4.91. The van der Waals surface area contributed by atoms with Gasteiger partial charge in [-0.2, -0.15) is 0 Å². The lowest BCUT2D eigenvalue weighted by atomic mass is 10.0. The maximum absolute atomic E-state index is 12.0. The molecule has 5 N–H and O–H groups in total. The number of hydrogen-bond acceptors (Lipinski definition) is 2. The van der Waals surface area contributed by atoms with Gasteiger partial charge in [0.1, 0.15) is 11.5 Å². The average Bonchev–Trinajstić information content (AvgIpc) is 3.07. The molecule has 4 rings (SSSR count). The van der Waals surface area contributed by atoms with Crippen LogP contribution in [0.25, 0.3) is 23.1 Å². The van der Waals surface area contributed by atoms with E-state index >= 15 is 0 Å². The largest absolute Gasteiger partial charge is 0.384 e. The summed E-state index contributed by atoms with van der Waals surface area (Å²) < 4.78 is 1.92. The van der Waals surface area contributed by atoms with E-state index in [1.54, 1.807) is 12.1 Å². The molecular weight excluding hydrogens is 360 g/mol. The standard InChI is InChI=1S/C21H20N4O.C3H8/c22-20(23)15-9-8-14-10-19(21(24)26)25(18(14)11-15)12-16-6-3-5-13-4-1-2-7-17(13)16;1-3-2/h3-11H,1-2,12H2,(H3,22,23)(H2,24,26);3H2,1-2H3. The van der Waals surface area contributed by atoms with Crippen molar-refractivity contribution >= 4 is 34.8 Å². The number of nitrogens with two attached hydrogens (primary N) is 2. The first-order valence-corrected chi connectivity index (χ1v) is 10.0. The molecule has 0 radical (unpaired) electrons. The van der Waals surface area contributed by atoms with E-state index < -0.39 is 5.91 Å². The second-order valence-electron chi connectivity index (χ2n) is 7.28. The van der Waals surface area contributed by atoms with Gasteiger partial charge < -0.3 is 16.0 Å². The Morgan fingerprint density at radius 1 is 1.07 bits per heavy atom. The lowest BCUT2D eigenvalue weighted by Crippen LogP contribution is -2.31. The van der Waals surface area contributed by atoms with Crippen molar-refractivity contribution in [2.45, 2.75) is 39.7 Å². The highest BCUT2D eigenvalue weighted by molar-refractivity contribution is 6.02. The molecule has 1 heterocycles. The number of amidine groups is 1. The number of benzene rings is 2. The van der Waals surface area contributed by atoms with Gasteiger partial charge >= 0.3 is 0 Å². The monoisotopic (exact) mass is 388 g/mol. The maximum Gasteiger partial charge on any atom is 0.265 e. The van der Waals surface area contributed by atoms with Crippen LogP contribution in [0.3, 0.4) is 0 Å². The molecule has 29 heavy (non-hydrogen) atoms. The minimum atomic E-state index is -0.467. The zero-order valence-corrected chi connectivity index (χ0v) is 17.0. The SMILES string of the molecule is CCC.N=C(N)c1ccc2cc(C(N)=O)n(Cc3cccc4c3=CCCC=4)c2c1. The molecule has 1 aliphatic rings. The normalized spacial score (nSPS) is 12.2. The van der Waals surface area contributed by atoms with Gasteiger partial charge in [-0.15, -0.1) is 0 Å². The Labute approximate surface area is 170 Å². The number of rotatable bonds is 4. The number of carbonyl (C=O) groups is 1.